The predicted molar refractivity (Wildman–Crippen MR) is 95.9 cm³/mol. The van der Waals surface area contributed by atoms with E-state index in [0.29, 0.717) is 24.4 Å². The molecule has 1 aliphatic heterocycles. The number of carboxylic acids is 1. The Hall–Kier alpha value is -3.62. The van der Waals surface area contributed by atoms with Gasteiger partial charge in [0, 0.05) is 31.8 Å². The molecule has 142 valence electrons. The van der Waals surface area contributed by atoms with E-state index >= 15 is 0 Å². The first kappa shape index (κ1) is 17.8. The van der Waals surface area contributed by atoms with Crippen molar-refractivity contribution >= 4 is 11.9 Å². The Morgan fingerprint density at radius 1 is 1.14 bits per heavy atom. The van der Waals surface area contributed by atoms with E-state index in [1.807, 2.05) is 12.1 Å². The molecular formula is C19H17N5O4. The Kier molecular flexibility index (Phi) is 4.79. The lowest BCUT2D eigenvalue weighted by Gasteiger charge is -2.34. The number of amides is 1. The molecule has 1 aliphatic rings. The van der Waals surface area contributed by atoms with Crippen molar-refractivity contribution in [2.45, 2.75) is 25.3 Å². The summed E-state index contributed by atoms with van der Waals surface area (Å²) >= 11 is 0. The topological polar surface area (TPSA) is 122 Å². The lowest BCUT2D eigenvalue weighted by Crippen LogP contribution is -2.43. The number of aromatic nitrogens is 4. The van der Waals surface area contributed by atoms with Crippen LogP contribution >= 0.6 is 0 Å². The fourth-order valence-corrected chi connectivity index (χ4v) is 3.32. The van der Waals surface area contributed by atoms with E-state index in [-0.39, 0.29) is 30.5 Å². The molecule has 2 aromatic heterocycles. The van der Waals surface area contributed by atoms with Gasteiger partial charge in [-0.3, -0.25) is 4.79 Å². The molecular weight excluding hydrogens is 362 g/mol. The van der Waals surface area contributed by atoms with Gasteiger partial charge in [0.1, 0.15) is 0 Å². The summed E-state index contributed by atoms with van der Waals surface area (Å²) in [6.07, 6.45) is 4.05. The van der Waals surface area contributed by atoms with Gasteiger partial charge in [0.2, 0.25) is 23.4 Å². The minimum absolute atomic E-state index is 0.0726. The summed E-state index contributed by atoms with van der Waals surface area (Å²) in [4.78, 5) is 38.2. The van der Waals surface area contributed by atoms with Crippen LogP contribution in [0, 0.1) is 0 Å². The molecule has 9 heteroatoms. The summed E-state index contributed by atoms with van der Waals surface area (Å²) in [5.74, 6) is -0.444. The van der Waals surface area contributed by atoms with E-state index in [4.69, 9.17) is 4.52 Å². The zero-order valence-electron chi connectivity index (χ0n) is 14.9. The van der Waals surface area contributed by atoms with Crippen LogP contribution in [0.15, 0.2) is 47.2 Å². The zero-order valence-corrected chi connectivity index (χ0v) is 14.9. The first-order chi connectivity index (χ1) is 13.6. The highest BCUT2D eigenvalue weighted by Crippen LogP contribution is 2.30. The molecule has 3 heterocycles. The monoisotopic (exact) mass is 379 g/mol. The minimum Gasteiger partial charge on any atom is -0.479 e. The van der Waals surface area contributed by atoms with Gasteiger partial charge in [0.15, 0.2) is 6.04 Å². The second kappa shape index (κ2) is 7.55. The van der Waals surface area contributed by atoms with Crippen molar-refractivity contribution in [2.75, 3.05) is 6.54 Å². The van der Waals surface area contributed by atoms with Crippen molar-refractivity contribution in [3.05, 3.63) is 59.7 Å². The van der Waals surface area contributed by atoms with E-state index in [1.165, 1.54) is 4.90 Å². The number of carbonyl (C=O) groups is 2. The second-order valence-corrected chi connectivity index (χ2v) is 6.36. The van der Waals surface area contributed by atoms with E-state index in [1.54, 1.807) is 30.6 Å². The van der Waals surface area contributed by atoms with E-state index in [9.17, 15) is 14.7 Å². The quantitative estimate of drug-likeness (QED) is 0.710. The van der Waals surface area contributed by atoms with Crippen LogP contribution in [0.4, 0.5) is 0 Å². The Labute approximate surface area is 160 Å². The molecule has 1 aromatic carbocycles. The number of hydrogen-bond acceptors (Lipinski definition) is 7. The molecule has 0 fully saturated rings. The number of fused-ring (bicyclic) bond motifs is 1. The molecule has 1 amide bonds. The number of aryl methyl sites for hydroxylation is 1. The third-order valence-corrected chi connectivity index (χ3v) is 4.62. The molecule has 1 N–H and O–H groups in total. The van der Waals surface area contributed by atoms with Gasteiger partial charge >= 0.3 is 5.97 Å². The van der Waals surface area contributed by atoms with Gasteiger partial charge in [-0.15, -0.1) is 0 Å². The Balaban J connectivity index is 1.45. The van der Waals surface area contributed by atoms with E-state index in [2.05, 4.69) is 20.1 Å². The highest BCUT2D eigenvalue weighted by molar-refractivity contribution is 5.85. The molecule has 4 rings (SSSR count). The molecule has 0 saturated heterocycles. The zero-order chi connectivity index (χ0) is 19.5. The number of rotatable bonds is 5. The number of carbonyl (C=O) groups excluding carboxylic acids is 1. The van der Waals surface area contributed by atoms with Gasteiger partial charge in [-0.1, -0.05) is 29.4 Å². The molecule has 0 spiro atoms. The number of carboxylic acid groups (broad SMARTS) is 1. The number of aliphatic carboxylic acids is 1. The van der Waals surface area contributed by atoms with Crippen LogP contribution < -0.4 is 0 Å². The van der Waals surface area contributed by atoms with Gasteiger partial charge in [0.25, 0.3) is 0 Å². The lowest BCUT2D eigenvalue weighted by molar-refractivity contribution is -0.151. The predicted octanol–water partition coefficient (Wildman–Crippen LogP) is 1.67. The smallest absolute Gasteiger partial charge is 0.331 e. The molecule has 0 radical (unpaired) electrons. The summed E-state index contributed by atoms with van der Waals surface area (Å²) in [6.45, 7) is 0.361. The summed E-state index contributed by atoms with van der Waals surface area (Å²) in [5.41, 5.74) is 1.62. The molecule has 0 saturated carbocycles. The molecule has 0 aliphatic carbocycles. The Morgan fingerprint density at radius 3 is 2.71 bits per heavy atom. The van der Waals surface area contributed by atoms with Gasteiger partial charge in [0.05, 0.1) is 0 Å². The molecule has 1 unspecified atom stereocenters. The second-order valence-electron chi connectivity index (χ2n) is 6.36. The summed E-state index contributed by atoms with van der Waals surface area (Å²) in [5, 5.41) is 13.5. The maximum absolute atomic E-state index is 12.7. The average Bonchev–Trinajstić information content (AvgIpc) is 3.20. The molecule has 9 nitrogen and oxygen atoms in total. The molecule has 1 atom stereocenters. The molecule has 0 bridgehead atoms. The maximum Gasteiger partial charge on any atom is 0.331 e. The maximum atomic E-state index is 12.7. The number of hydrogen-bond donors (Lipinski definition) is 1. The third kappa shape index (κ3) is 3.46. The van der Waals surface area contributed by atoms with Gasteiger partial charge in [-0.2, -0.15) is 4.98 Å². The van der Waals surface area contributed by atoms with E-state index in [0.717, 1.165) is 5.56 Å². The van der Waals surface area contributed by atoms with Crippen molar-refractivity contribution < 1.29 is 19.2 Å². The van der Waals surface area contributed by atoms with Crippen LogP contribution in [0.3, 0.4) is 0 Å². The standard InChI is InChI=1S/C19H17N5O4/c25-15(7-6-14-22-18(23-28-14)17-20-9-3-10-21-17)24-11-8-12-4-1-2-5-13(12)16(24)19(26)27/h1-5,9-10,16H,6-8,11H2,(H,26,27). The number of benzene rings is 1. The SMILES string of the molecule is O=C(O)C1c2ccccc2CCN1C(=O)CCc1nc(-c2ncccn2)no1. The van der Waals surface area contributed by atoms with Crippen LogP contribution in [-0.2, 0) is 22.4 Å². The van der Waals surface area contributed by atoms with Crippen molar-refractivity contribution in [2.24, 2.45) is 0 Å². The first-order valence-corrected chi connectivity index (χ1v) is 8.83. The highest BCUT2D eigenvalue weighted by atomic mass is 16.5. The summed E-state index contributed by atoms with van der Waals surface area (Å²) in [6, 6.07) is 8.02. The fourth-order valence-electron chi connectivity index (χ4n) is 3.32. The lowest BCUT2D eigenvalue weighted by atomic mass is 9.92. The average molecular weight is 379 g/mol. The van der Waals surface area contributed by atoms with Crippen LogP contribution in [0.5, 0.6) is 0 Å². The highest BCUT2D eigenvalue weighted by Gasteiger charge is 2.35. The first-order valence-electron chi connectivity index (χ1n) is 8.83. The largest absolute Gasteiger partial charge is 0.479 e. The summed E-state index contributed by atoms with van der Waals surface area (Å²) < 4.78 is 5.16. The third-order valence-electron chi connectivity index (χ3n) is 4.62. The van der Waals surface area contributed by atoms with Crippen LogP contribution in [0.2, 0.25) is 0 Å². The van der Waals surface area contributed by atoms with E-state index < -0.39 is 12.0 Å². The van der Waals surface area contributed by atoms with Crippen LogP contribution in [0.25, 0.3) is 11.6 Å². The Bertz CT molecular complexity index is 1000. The van der Waals surface area contributed by atoms with Crippen molar-refractivity contribution in [3.63, 3.8) is 0 Å². The number of nitrogens with zero attached hydrogens (tertiary/aromatic N) is 5. The van der Waals surface area contributed by atoms with Crippen molar-refractivity contribution in [1.29, 1.82) is 0 Å². The van der Waals surface area contributed by atoms with Crippen molar-refractivity contribution in [1.82, 2.24) is 25.0 Å². The summed E-state index contributed by atoms with van der Waals surface area (Å²) in [7, 11) is 0. The van der Waals surface area contributed by atoms with Gasteiger partial charge in [-0.05, 0) is 23.6 Å². The molecule has 3 aromatic rings. The fraction of sp³-hybridized carbons (Fsp3) is 0.263. The van der Waals surface area contributed by atoms with Crippen molar-refractivity contribution in [3.8, 4) is 11.6 Å². The van der Waals surface area contributed by atoms with Crippen LogP contribution in [-0.4, -0.2) is 48.5 Å². The molecule has 28 heavy (non-hydrogen) atoms. The van der Waals surface area contributed by atoms with Gasteiger partial charge in [-0.25, -0.2) is 14.8 Å². The minimum atomic E-state index is -1.04. The Morgan fingerprint density at radius 2 is 1.93 bits per heavy atom. The van der Waals surface area contributed by atoms with Gasteiger partial charge < -0.3 is 14.5 Å². The van der Waals surface area contributed by atoms with Crippen LogP contribution in [0.1, 0.15) is 29.5 Å². The normalized spacial score (nSPS) is 15.9.